The molecule has 2 aliphatic rings. The molecule has 2 N–H and O–H groups in total. The number of nitrogens with one attached hydrogen (secondary N) is 2. The van der Waals surface area contributed by atoms with Gasteiger partial charge in [0.1, 0.15) is 11.5 Å². The maximum Gasteiger partial charge on any atom is 0.278 e. The van der Waals surface area contributed by atoms with E-state index in [1.165, 1.54) is 11.1 Å². The topological polar surface area (TPSA) is 108 Å². The van der Waals surface area contributed by atoms with E-state index in [0.29, 0.717) is 48.3 Å². The summed E-state index contributed by atoms with van der Waals surface area (Å²) in [5.74, 6) is 0.869. The number of anilines is 2. The number of fused-ring (bicyclic) bond motifs is 2. The third-order valence-corrected chi connectivity index (χ3v) is 6.18. The molecule has 0 atom stereocenters. The summed E-state index contributed by atoms with van der Waals surface area (Å²) in [7, 11) is 0. The third kappa shape index (κ3) is 4.07. The van der Waals surface area contributed by atoms with Gasteiger partial charge in [0, 0.05) is 30.7 Å². The average Bonchev–Trinajstić information content (AvgIpc) is 3.12. The zero-order valence-electron chi connectivity index (χ0n) is 19.1. The first-order valence-electron chi connectivity index (χ1n) is 11.6. The van der Waals surface area contributed by atoms with Crippen molar-refractivity contribution in [1.29, 1.82) is 0 Å². The first-order valence-corrected chi connectivity index (χ1v) is 11.6. The molecular weight excluding hydrogens is 446 g/mol. The molecule has 0 amide bonds. The van der Waals surface area contributed by atoms with E-state index in [-0.39, 0.29) is 11.7 Å². The molecule has 4 aromatic rings. The molecule has 1 fully saturated rings. The molecule has 5 heterocycles. The van der Waals surface area contributed by atoms with Gasteiger partial charge in [-0.1, -0.05) is 12.1 Å². The zero-order valence-corrected chi connectivity index (χ0v) is 19.1. The molecule has 2 aliphatic heterocycles. The Kier molecular flexibility index (Phi) is 5.51. The van der Waals surface area contributed by atoms with Crippen LogP contribution in [0.25, 0.3) is 16.7 Å². The van der Waals surface area contributed by atoms with Gasteiger partial charge in [-0.2, -0.15) is 4.98 Å². The highest BCUT2D eigenvalue weighted by Gasteiger charge is 2.22. The lowest BCUT2D eigenvalue weighted by Crippen LogP contribution is -2.38. The number of nitrogens with zero attached hydrogens (tertiary/aromatic N) is 5. The van der Waals surface area contributed by atoms with Crippen LogP contribution in [0.1, 0.15) is 11.1 Å². The molecular formula is C25H25N7O3. The Morgan fingerprint density at radius 3 is 2.97 bits per heavy atom. The minimum absolute atomic E-state index is 0.0144. The summed E-state index contributed by atoms with van der Waals surface area (Å²) < 4.78 is 14.4. The summed E-state index contributed by atoms with van der Waals surface area (Å²) in [5, 5.41) is 7.10. The molecule has 0 saturated carbocycles. The summed E-state index contributed by atoms with van der Waals surface area (Å²) in [6.07, 6.45) is 5.90. The van der Waals surface area contributed by atoms with Gasteiger partial charge in [-0.15, -0.1) is 6.58 Å². The summed E-state index contributed by atoms with van der Waals surface area (Å²) in [4.78, 5) is 26.6. The second kappa shape index (κ2) is 8.97. The van der Waals surface area contributed by atoms with Crippen molar-refractivity contribution < 1.29 is 9.47 Å². The molecule has 10 heteroatoms. The molecule has 1 aromatic carbocycles. The monoisotopic (exact) mass is 471 g/mol. The lowest BCUT2D eigenvalue weighted by atomic mass is 10.0. The Bertz CT molecular complexity index is 1470. The number of rotatable bonds is 7. The van der Waals surface area contributed by atoms with E-state index in [2.05, 4.69) is 39.3 Å². The first kappa shape index (κ1) is 21.5. The molecule has 3 aromatic heterocycles. The number of hydrogen-bond acceptors (Lipinski definition) is 8. The fraction of sp³-hybridized carbons (Fsp3) is 0.280. The fourth-order valence-electron chi connectivity index (χ4n) is 4.37. The van der Waals surface area contributed by atoms with Gasteiger partial charge in [-0.05, 0) is 42.3 Å². The van der Waals surface area contributed by atoms with Gasteiger partial charge in [-0.3, -0.25) is 4.79 Å². The lowest BCUT2D eigenvalue weighted by molar-refractivity contribution is -0.0813. The van der Waals surface area contributed by atoms with Crippen LogP contribution in [0.3, 0.4) is 0 Å². The van der Waals surface area contributed by atoms with Crippen molar-refractivity contribution in [2.24, 2.45) is 0 Å². The minimum Gasteiger partial charge on any atom is -0.469 e. The molecule has 1 saturated heterocycles. The molecule has 35 heavy (non-hydrogen) atoms. The highest BCUT2D eigenvalue weighted by molar-refractivity contribution is 5.77. The normalized spacial score (nSPS) is 15.4. The Morgan fingerprint density at radius 2 is 2.14 bits per heavy atom. The summed E-state index contributed by atoms with van der Waals surface area (Å²) in [6.45, 7) is 7.04. The maximum atomic E-state index is 13.2. The molecule has 0 unspecified atom stereocenters. The van der Waals surface area contributed by atoms with Crippen LogP contribution in [-0.2, 0) is 24.2 Å². The quantitative estimate of drug-likeness (QED) is 0.396. The van der Waals surface area contributed by atoms with E-state index in [1.807, 2.05) is 12.1 Å². The average molecular weight is 472 g/mol. The van der Waals surface area contributed by atoms with Gasteiger partial charge < -0.3 is 20.1 Å². The van der Waals surface area contributed by atoms with Crippen LogP contribution >= 0.6 is 0 Å². The first-order chi connectivity index (χ1) is 17.2. The van der Waals surface area contributed by atoms with Crippen LogP contribution < -0.4 is 20.9 Å². The van der Waals surface area contributed by atoms with Crippen molar-refractivity contribution in [3.63, 3.8) is 0 Å². The van der Waals surface area contributed by atoms with Crippen LogP contribution in [0, 0.1) is 0 Å². The van der Waals surface area contributed by atoms with E-state index < -0.39 is 0 Å². The Balaban J connectivity index is 1.40. The van der Waals surface area contributed by atoms with Crippen LogP contribution in [0.4, 0.5) is 11.6 Å². The van der Waals surface area contributed by atoms with Crippen molar-refractivity contribution in [3.8, 4) is 11.6 Å². The van der Waals surface area contributed by atoms with Crippen LogP contribution in [-0.4, -0.2) is 50.2 Å². The predicted octanol–water partition coefficient (Wildman–Crippen LogP) is 2.33. The van der Waals surface area contributed by atoms with Gasteiger partial charge in [-0.25, -0.2) is 19.3 Å². The molecule has 178 valence electrons. The Morgan fingerprint density at radius 1 is 1.23 bits per heavy atom. The van der Waals surface area contributed by atoms with Crippen molar-refractivity contribution in [2.45, 2.75) is 25.6 Å². The van der Waals surface area contributed by atoms with Gasteiger partial charge in [0.15, 0.2) is 5.65 Å². The maximum absolute atomic E-state index is 13.2. The minimum atomic E-state index is -0.196. The van der Waals surface area contributed by atoms with E-state index in [1.54, 1.807) is 33.9 Å². The smallest absolute Gasteiger partial charge is 0.278 e. The van der Waals surface area contributed by atoms with Crippen LogP contribution in [0.15, 0.2) is 60.2 Å². The third-order valence-electron chi connectivity index (χ3n) is 6.18. The van der Waals surface area contributed by atoms with Crippen molar-refractivity contribution in [3.05, 3.63) is 76.9 Å². The standard InChI is InChI=1S/C25H25N7O3/c1-2-9-31-24(33)21-13-28-25(29-18-4-3-16-5-7-26-12-17(16)10-18)30-23(21)32(31)19-6-8-27-22(11-19)35-20-14-34-15-20/h2-4,6,8,10-11,13,20,26H,1,5,7,9,12,14-15H2,(H,28,29,30). The largest absolute Gasteiger partial charge is 0.469 e. The number of benzene rings is 1. The van der Waals surface area contributed by atoms with Crippen molar-refractivity contribution in [2.75, 3.05) is 25.1 Å². The predicted molar refractivity (Wildman–Crippen MR) is 131 cm³/mol. The zero-order chi connectivity index (χ0) is 23.8. The molecule has 0 aliphatic carbocycles. The van der Waals surface area contributed by atoms with Crippen LogP contribution in [0.2, 0.25) is 0 Å². The number of ether oxygens (including phenoxy) is 2. The summed E-state index contributed by atoms with van der Waals surface area (Å²) in [5.41, 5.74) is 4.50. The summed E-state index contributed by atoms with van der Waals surface area (Å²) >= 11 is 0. The molecule has 0 radical (unpaired) electrons. The molecule has 6 rings (SSSR count). The van der Waals surface area contributed by atoms with Crippen LogP contribution in [0.5, 0.6) is 5.88 Å². The van der Waals surface area contributed by atoms with E-state index in [9.17, 15) is 4.79 Å². The molecule has 0 bridgehead atoms. The van der Waals surface area contributed by atoms with Gasteiger partial charge in [0.05, 0.1) is 25.4 Å². The molecule has 0 spiro atoms. The second-order valence-corrected chi connectivity index (χ2v) is 8.58. The van der Waals surface area contributed by atoms with E-state index >= 15 is 0 Å². The highest BCUT2D eigenvalue weighted by Crippen LogP contribution is 2.24. The number of allylic oxidation sites excluding steroid dienone is 1. The van der Waals surface area contributed by atoms with E-state index in [4.69, 9.17) is 14.5 Å². The van der Waals surface area contributed by atoms with Crippen molar-refractivity contribution in [1.82, 2.24) is 29.6 Å². The van der Waals surface area contributed by atoms with Gasteiger partial charge in [0.25, 0.3) is 5.56 Å². The SMILES string of the molecule is C=CCn1c(=O)c2cnc(Nc3ccc4c(c3)CNCC4)nc2n1-c1ccnc(OC2COC2)c1. The number of hydrogen-bond donors (Lipinski definition) is 2. The van der Waals surface area contributed by atoms with E-state index in [0.717, 1.165) is 25.2 Å². The second-order valence-electron chi connectivity index (χ2n) is 8.58. The van der Waals surface area contributed by atoms with Crippen molar-refractivity contribution >= 4 is 22.7 Å². The highest BCUT2D eigenvalue weighted by atomic mass is 16.6. The van der Waals surface area contributed by atoms with Gasteiger partial charge >= 0.3 is 0 Å². The fourth-order valence-corrected chi connectivity index (χ4v) is 4.37. The molecule has 10 nitrogen and oxygen atoms in total. The summed E-state index contributed by atoms with van der Waals surface area (Å²) in [6, 6.07) is 9.89. The Hall–Kier alpha value is -4.02. The Labute approximate surface area is 201 Å². The number of aromatic nitrogens is 5. The number of pyridine rings is 1. The van der Waals surface area contributed by atoms with Gasteiger partial charge in [0.2, 0.25) is 11.8 Å². The lowest BCUT2D eigenvalue weighted by Gasteiger charge is -2.26.